The molecule has 0 saturated carbocycles. The molecule has 100 valence electrons. The Morgan fingerprint density at radius 3 is 2.20 bits per heavy atom. The van der Waals surface area contributed by atoms with Crippen LogP contribution >= 0.6 is 11.6 Å². The summed E-state index contributed by atoms with van der Waals surface area (Å²) in [5.74, 6) is 0. The van der Waals surface area contributed by atoms with Gasteiger partial charge in [0, 0.05) is 21.7 Å². The Kier molecular flexibility index (Phi) is 3.23. The maximum Gasteiger partial charge on any atom is 0.0711 e. The molecular formula is C18H16ClN. The molecule has 1 aromatic heterocycles. The highest BCUT2D eigenvalue weighted by atomic mass is 35.5. The van der Waals surface area contributed by atoms with E-state index < -0.39 is 0 Å². The van der Waals surface area contributed by atoms with E-state index in [1.807, 2.05) is 24.3 Å². The summed E-state index contributed by atoms with van der Waals surface area (Å²) in [5, 5.41) is 3.22. The first kappa shape index (κ1) is 13.1. The minimum atomic E-state index is 0.748. The number of benzene rings is 2. The second-order valence-electron chi connectivity index (χ2n) is 5.26. The van der Waals surface area contributed by atoms with Gasteiger partial charge in [-0.15, -0.1) is 0 Å². The molecule has 0 radical (unpaired) electrons. The average Bonchev–Trinajstić information content (AvgIpc) is 2.42. The first-order chi connectivity index (χ1) is 9.54. The van der Waals surface area contributed by atoms with Crippen molar-refractivity contribution < 1.29 is 0 Å². The number of aromatic nitrogens is 1. The van der Waals surface area contributed by atoms with Crippen LogP contribution in [0.4, 0.5) is 0 Å². The summed E-state index contributed by atoms with van der Waals surface area (Å²) < 4.78 is 0. The van der Waals surface area contributed by atoms with Crippen LogP contribution in [0.1, 0.15) is 16.8 Å². The third kappa shape index (κ3) is 2.30. The quantitative estimate of drug-likeness (QED) is 0.575. The normalized spacial score (nSPS) is 11.0. The summed E-state index contributed by atoms with van der Waals surface area (Å²) in [6.45, 7) is 6.35. The molecule has 0 aliphatic carbocycles. The fourth-order valence-corrected chi connectivity index (χ4v) is 2.59. The van der Waals surface area contributed by atoms with E-state index in [0.29, 0.717) is 0 Å². The maximum atomic E-state index is 5.94. The van der Waals surface area contributed by atoms with Gasteiger partial charge in [0.2, 0.25) is 0 Å². The van der Waals surface area contributed by atoms with E-state index in [9.17, 15) is 0 Å². The molecule has 0 fully saturated rings. The van der Waals surface area contributed by atoms with E-state index >= 15 is 0 Å². The van der Waals surface area contributed by atoms with Gasteiger partial charge in [0.25, 0.3) is 0 Å². The van der Waals surface area contributed by atoms with Crippen LogP contribution in [-0.2, 0) is 0 Å². The highest BCUT2D eigenvalue weighted by Crippen LogP contribution is 2.27. The summed E-state index contributed by atoms with van der Waals surface area (Å²) in [4.78, 5) is 4.73. The minimum absolute atomic E-state index is 0.748. The Bertz CT molecular complexity index is 789. The third-order valence-electron chi connectivity index (χ3n) is 3.78. The Hall–Kier alpha value is -1.86. The van der Waals surface area contributed by atoms with E-state index in [2.05, 4.69) is 39.0 Å². The number of pyridine rings is 1. The van der Waals surface area contributed by atoms with E-state index in [1.165, 1.54) is 21.9 Å². The number of rotatable bonds is 1. The van der Waals surface area contributed by atoms with Crippen molar-refractivity contribution in [1.29, 1.82) is 0 Å². The van der Waals surface area contributed by atoms with Crippen molar-refractivity contribution >= 4 is 22.4 Å². The molecule has 2 heteroatoms. The van der Waals surface area contributed by atoms with Gasteiger partial charge in [-0.05, 0) is 61.5 Å². The third-order valence-corrected chi connectivity index (χ3v) is 4.03. The van der Waals surface area contributed by atoms with Crippen molar-refractivity contribution in [3.63, 3.8) is 0 Å². The predicted molar refractivity (Wildman–Crippen MR) is 86.4 cm³/mol. The van der Waals surface area contributed by atoms with E-state index in [0.717, 1.165) is 22.0 Å². The molecule has 0 atom stereocenters. The lowest BCUT2D eigenvalue weighted by molar-refractivity contribution is 1.23. The van der Waals surface area contributed by atoms with Crippen LogP contribution in [-0.4, -0.2) is 4.98 Å². The van der Waals surface area contributed by atoms with Crippen LogP contribution in [0.15, 0.2) is 42.5 Å². The second kappa shape index (κ2) is 4.92. The monoisotopic (exact) mass is 281 g/mol. The number of hydrogen-bond donors (Lipinski definition) is 0. The SMILES string of the molecule is Cc1cc2cc(-c3ccc(Cl)cc3)nc(C)c2cc1C. The molecule has 0 N–H and O–H groups in total. The average molecular weight is 282 g/mol. The molecule has 0 spiro atoms. The van der Waals surface area contributed by atoms with Gasteiger partial charge in [0.05, 0.1) is 5.69 Å². The van der Waals surface area contributed by atoms with Gasteiger partial charge in [-0.3, -0.25) is 4.98 Å². The van der Waals surface area contributed by atoms with Gasteiger partial charge in [0.15, 0.2) is 0 Å². The summed E-state index contributed by atoms with van der Waals surface area (Å²) in [6, 6.07) is 14.4. The minimum Gasteiger partial charge on any atom is -0.252 e. The van der Waals surface area contributed by atoms with Crippen LogP contribution in [0, 0.1) is 20.8 Å². The smallest absolute Gasteiger partial charge is 0.0711 e. The van der Waals surface area contributed by atoms with E-state index in [4.69, 9.17) is 16.6 Å². The van der Waals surface area contributed by atoms with Gasteiger partial charge in [-0.1, -0.05) is 29.8 Å². The zero-order valence-electron chi connectivity index (χ0n) is 11.9. The summed E-state index contributed by atoms with van der Waals surface area (Å²) in [6.07, 6.45) is 0. The Morgan fingerprint density at radius 2 is 1.50 bits per heavy atom. The van der Waals surface area contributed by atoms with Crippen LogP contribution < -0.4 is 0 Å². The van der Waals surface area contributed by atoms with Crippen LogP contribution in [0.2, 0.25) is 5.02 Å². The molecule has 2 aromatic carbocycles. The number of hydrogen-bond acceptors (Lipinski definition) is 1. The van der Waals surface area contributed by atoms with Crippen molar-refractivity contribution in [3.8, 4) is 11.3 Å². The van der Waals surface area contributed by atoms with Gasteiger partial charge in [-0.2, -0.15) is 0 Å². The van der Waals surface area contributed by atoms with Gasteiger partial charge < -0.3 is 0 Å². The topological polar surface area (TPSA) is 12.9 Å². The predicted octanol–water partition coefficient (Wildman–Crippen LogP) is 5.48. The van der Waals surface area contributed by atoms with Crippen molar-refractivity contribution in [1.82, 2.24) is 4.98 Å². The van der Waals surface area contributed by atoms with Crippen LogP contribution in [0.5, 0.6) is 0 Å². The van der Waals surface area contributed by atoms with Gasteiger partial charge in [0.1, 0.15) is 0 Å². The van der Waals surface area contributed by atoms with E-state index in [-0.39, 0.29) is 0 Å². The van der Waals surface area contributed by atoms with Crippen molar-refractivity contribution in [3.05, 3.63) is 64.3 Å². The zero-order valence-corrected chi connectivity index (χ0v) is 12.6. The van der Waals surface area contributed by atoms with Gasteiger partial charge >= 0.3 is 0 Å². The molecule has 3 aromatic rings. The van der Waals surface area contributed by atoms with Gasteiger partial charge in [-0.25, -0.2) is 0 Å². The zero-order chi connectivity index (χ0) is 14.3. The molecule has 3 rings (SSSR count). The summed E-state index contributed by atoms with van der Waals surface area (Å²) >= 11 is 5.94. The van der Waals surface area contributed by atoms with Crippen molar-refractivity contribution in [2.24, 2.45) is 0 Å². The highest BCUT2D eigenvalue weighted by Gasteiger charge is 2.06. The Balaban J connectivity index is 2.23. The number of aryl methyl sites for hydroxylation is 3. The molecule has 1 heterocycles. The number of nitrogens with zero attached hydrogens (tertiary/aromatic N) is 1. The number of fused-ring (bicyclic) bond motifs is 1. The fourth-order valence-electron chi connectivity index (χ4n) is 2.46. The molecular weight excluding hydrogens is 266 g/mol. The maximum absolute atomic E-state index is 5.94. The molecule has 0 unspecified atom stereocenters. The van der Waals surface area contributed by atoms with Crippen molar-refractivity contribution in [2.45, 2.75) is 20.8 Å². The number of halogens is 1. The summed E-state index contributed by atoms with van der Waals surface area (Å²) in [5.41, 5.74) is 5.77. The highest BCUT2D eigenvalue weighted by molar-refractivity contribution is 6.30. The Morgan fingerprint density at radius 1 is 0.850 bits per heavy atom. The van der Waals surface area contributed by atoms with Crippen molar-refractivity contribution in [2.75, 3.05) is 0 Å². The molecule has 0 bridgehead atoms. The molecule has 20 heavy (non-hydrogen) atoms. The first-order valence-electron chi connectivity index (χ1n) is 6.69. The lowest BCUT2D eigenvalue weighted by Gasteiger charge is -2.09. The molecule has 0 aliphatic rings. The lowest BCUT2D eigenvalue weighted by Crippen LogP contribution is -1.91. The van der Waals surface area contributed by atoms with Crippen LogP contribution in [0.3, 0.4) is 0 Å². The molecule has 0 aliphatic heterocycles. The molecule has 0 amide bonds. The molecule has 0 saturated heterocycles. The Labute approximate surface area is 124 Å². The lowest BCUT2D eigenvalue weighted by atomic mass is 10.0. The first-order valence-corrected chi connectivity index (χ1v) is 7.07. The van der Waals surface area contributed by atoms with E-state index in [1.54, 1.807) is 0 Å². The second-order valence-corrected chi connectivity index (χ2v) is 5.69. The van der Waals surface area contributed by atoms with Crippen LogP contribution in [0.25, 0.3) is 22.0 Å². The standard InChI is InChI=1S/C18H16ClN/c1-11-8-15-10-18(14-4-6-16(19)7-5-14)20-13(3)17(15)9-12(11)2/h4-10H,1-3H3. The summed E-state index contributed by atoms with van der Waals surface area (Å²) in [7, 11) is 0. The largest absolute Gasteiger partial charge is 0.252 e. The molecule has 1 nitrogen and oxygen atoms in total. The fraction of sp³-hybridized carbons (Fsp3) is 0.167.